The minimum atomic E-state index is 0.514. The van der Waals surface area contributed by atoms with Gasteiger partial charge in [-0.1, -0.05) is 39.3 Å². The molecule has 0 unspecified atom stereocenters. The lowest BCUT2D eigenvalue weighted by atomic mass is 9.97. The van der Waals surface area contributed by atoms with Crippen molar-refractivity contribution in [1.29, 1.82) is 0 Å². The molecule has 102 valence electrons. The van der Waals surface area contributed by atoms with E-state index < -0.39 is 0 Å². The minimum Gasteiger partial charge on any atom is -0.240 e. The smallest absolute Gasteiger partial charge is 0.0682 e. The van der Waals surface area contributed by atoms with E-state index in [-0.39, 0.29) is 0 Å². The lowest BCUT2D eigenvalue weighted by molar-refractivity contribution is 0.778. The third-order valence-electron chi connectivity index (χ3n) is 3.51. The molecule has 19 heavy (non-hydrogen) atoms. The van der Waals surface area contributed by atoms with Gasteiger partial charge >= 0.3 is 0 Å². The topological polar surface area (TPSA) is 17.8 Å². The predicted octanol–water partition coefficient (Wildman–Crippen LogP) is 4.65. The van der Waals surface area contributed by atoms with Crippen LogP contribution in [0.4, 0.5) is 0 Å². The van der Waals surface area contributed by atoms with E-state index in [1.54, 1.807) is 0 Å². The molecular weight excluding hydrogens is 232 g/mol. The van der Waals surface area contributed by atoms with Gasteiger partial charge in [-0.3, -0.25) is 0 Å². The Morgan fingerprint density at radius 1 is 1.21 bits per heavy atom. The zero-order valence-electron chi connectivity index (χ0n) is 12.5. The van der Waals surface area contributed by atoms with E-state index in [4.69, 9.17) is 0 Å². The van der Waals surface area contributed by atoms with Crippen molar-refractivity contribution in [2.75, 3.05) is 0 Å². The van der Waals surface area contributed by atoms with E-state index in [1.807, 2.05) is 11.6 Å². The molecule has 0 amide bonds. The first kappa shape index (κ1) is 13.9. The fourth-order valence-electron chi connectivity index (χ4n) is 2.36. The molecule has 0 aliphatic heterocycles. The van der Waals surface area contributed by atoms with E-state index in [1.165, 1.54) is 29.7 Å². The minimum absolute atomic E-state index is 0.514. The van der Waals surface area contributed by atoms with Crippen molar-refractivity contribution in [3.8, 4) is 5.69 Å². The maximum Gasteiger partial charge on any atom is 0.0682 e. The first-order chi connectivity index (χ1) is 9.11. The van der Waals surface area contributed by atoms with Gasteiger partial charge in [0.1, 0.15) is 0 Å². The molecule has 2 rings (SSSR count). The quantitative estimate of drug-likeness (QED) is 0.761. The molecule has 0 aliphatic carbocycles. The highest BCUT2D eigenvalue weighted by Gasteiger charge is 2.10. The van der Waals surface area contributed by atoms with Crippen LogP contribution < -0.4 is 0 Å². The molecule has 1 aromatic heterocycles. The molecule has 0 saturated heterocycles. The van der Waals surface area contributed by atoms with Gasteiger partial charge in [0.15, 0.2) is 0 Å². The van der Waals surface area contributed by atoms with Gasteiger partial charge in [0.05, 0.1) is 11.4 Å². The number of benzene rings is 1. The highest BCUT2D eigenvalue weighted by atomic mass is 15.3. The number of rotatable bonds is 5. The summed E-state index contributed by atoms with van der Waals surface area (Å²) in [6.45, 7) is 8.74. The van der Waals surface area contributed by atoms with Crippen LogP contribution in [0.3, 0.4) is 0 Å². The van der Waals surface area contributed by atoms with E-state index >= 15 is 0 Å². The lowest BCUT2D eigenvalue weighted by Gasteiger charge is -2.14. The number of nitrogens with zero attached hydrogens (tertiary/aromatic N) is 2. The van der Waals surface area contributed by atoms with Gasteiger partial charge in [0.25, 0.3) is 0 Å². The molecule has 0 atom stereocenters. The molecule has 0 spiro atoms. The number of unbranched alkanes of at least 4 members (excludes halogenated alkanes) is 1. The second kappa shape index (κ2) is 6.05. The van der Waals surface area contributed by atoms with E-state index in [2.05, 4.69) is 56.3 Å². The monoisotopic (exact) mass is 256 g/mol. The van der Waals surface area contributed by atoms with E-state index in [0.717, 1.165) is 12.1 Å². The fourth-order valence-corrected chi connectivity index (χ4v) is 2.36. The van der Waals surface area contributed by atoms with Crippen LogP contribution in [0.15, 0.2) is 30.5 Å². The lowest BCUT2D eigenvalue weighted by Crippen LogP contribution is -2.03. The van der Waals surface area contributed by atoms with Crippen molar-refractivity contribution in [3.05, 3.63) is 47.3 Å². The summed E-state index contributed by atoms with van der Waals surface area (Å²) in [6.07, 6.45) is 5.70. The Balaban J connectivity index is 2.41. The number of hydrogen-bond acceptors (Lipinski definition) is 1. The summed E-state index contributed by atoms with van der Waals surface area (Å²) in [4.78, 5) is 0. The van der Waals surface area contributed by atoms with Crippen molar-refractivity contribution >= 4 is 0 Å². The first-order valence-electron chi connectivity index (χ1n) is 7.27. The SMILES string of the molecule is CCCCc1ccc(C(C)C)c(-n2ccc(C)n2)c1. The maximum absolute atomic E-state index is 4.56. The van der Waals surface area contributed by atoms with Crippen molar-refractivity contribution < 1.29 is 0 Å². The molecule has 2 aromatic rings. The van der Waals surface area contributed by atoms with Gasteiger partial charge in [-0.05, 0) is 48.9 Å². The molecule has 1 aromatic carbocycles. The molecule has 0 radical (unpaired) electrons. The van der Waals surface area contributed by atoms with Gasteiger partial charge in [0.2, 0.25) is 0 Å². The second-order valence-corrected chi connectivity index (χ2v) is 5.55. The summed E-state index contributed by atoms with van der Waals surface area (Å²) in [7, 11) is 0. The molecule has 0 bridgehead atoms. The number of hydrogen-bond donors (Lipinski definition) is 0. The van der Waals surface area contributed by atoms with Crippen molar-refractivity contribution in [3.63, 3.8) is 0 Å². The Labute approximate surface area is 116 Å². The van der Waals surface area contributed by atoms with Crippen LogP contribution in [0.5, 0.6) is 0 Å². The van der Waals surface area contributed by atoms with Crippen LogP contribution in [0.1, 0.15) is 56.4 Å². The zero-order chi connectivity index (χ0) is 13.8. The summed E-state index contributed by atoms with van der Waals surface area (Å²) in [6, 6.07) is 8.90. The van der Waals surface area contributed by atoms with Crippen LogP contribution >= 0.6 is 0 Å². The fraction of sp³-hybridized carbons (Fsp3) is 0.471. The molecule has 2 heteroatoms. The summed E-state index contributed by atoms with van der Waals surface area (Å²) >= 11 is 0. The summed E-state index contributed by atoms with van der Waals surface area (Å²) in [5.74, 6) is 0.514. The molecule has 0 aliphatic rings. The van der Waals surface area contributed by atoms with Crippen molar-refractivity contribution in [2.45, 2.75) is 52.9 Å². The highest BCUT2D eigenvalue weighted by molar-refractivity contribution is 5.45. The first-order valence-corrected chi connectivity index (χ1v) is 7.27. The largest absolute Gasteiger partial charge is 0.240 e. The molecule has 0 fully saturated rings. The zero-order valence-corrected chi connectivity index (χ0v) is 12.5. The van der Waals surface area contributed by atoms with Gasteiger partial charge in [0, 0.05) is 6.20 Å². The Morgan fingerprint density at radius 3 is 2.58 bits per heavy atom. The maximum atomic E-state index is 4.56. The third-order valence-corrected chi connectivity index (χ3v) is 3.51. The normalized spacial score (nSPS) is 11.2. The second-order valence-electron chi connectivity index (χ2n) is 5.55. The third kappa shape index (κ3) is 3.25. The van der Waals surface area contributed by atoms with Crippen LogP contribution in [0.2, 0.25) is 0 Å². The average Bonchev–Trinajstić information content (AvgIpc) is 2.82. The summed E-state index contributed by atoms with van der Waals surface area (Å²) < 4.78 is 2.01. The highest BCUT2D eigenvalue weighted by Crippen LogP contribution is 2.24. The number of aryl methyl sites for hydroxylation is 2. The Hall–Kier alpha value is -1.57. The van der Waals surface area contributed by atoms with Crippen molar-refractivity contribution in [2.24, 2.45) is 0 Å². The molecule has 0 N–H and O–H groups in total. The predicted molar refractivity (Wildman–Crippen MR) is 81.0 cm³/mol. The van der Waals surface area contributed by atoms with Crippen LogP contribution in [-0.4, -0.2) is 9.78 Å². The molecule has 0 saturated carbocycles. The van der Waals surface area contributed by atoms with Gasteiger partial charge in [-0.25, -0.2) is 4.68 Å². The standard InChI is InChI=1S/C17H24N2/c1-5-6-7-15-8-9-16(13(2)3)17(12-15)19-11-10-14(4)18-19/h8-13H,5-7H2,1-4H3. The van der Waals surface area contributed by atoms with Crippen molar-refractivity contribution in [1.82, 2.24) is 9.78 Å². The van der Waals surface area contributed by atoms with Gasteiger partial charge in [-0.15, -0.1) is 0 Å². The van der Waals surface area contributed by atoms with Gasteiger partial charge < -0.3 is 0 Å². The van der Waals surface area contributed by atoms with Crippen LogP contribution in [-0.2, 0) is 6.42 Å². The van der Waals surface area contributed by atoms with Crippen LogP contribution in [0, 0.1) is 6.92 Å². The molecule has 1 heterocycles. The summed E-state index contributed by atoms with van der Waals surface area (Å²) in [5, 5.41) is 4.56. The Bertz CT molecular complexity index is 538. The molecular formula is C17H24N2. The van der Waals surface area contributed by atoms with Crippen LogP contribution in [0.25, 0.3) is 5.69 Å². The Morgan fingerprint density at radius 2 is 2.00 bits per heavy atom. The van der Waals surface area contributed by atoms with E-state index in [0.29, 0.717) is 5.92 Å². The van der Waals surface area contributed by atoms with Gasteiger partial charge in [-0.2, -0.15) is 5.10 Å². The summed E-state index contributed by atoms with van der Waals surface area (Å²) in [5.41, 5.74) is 5.07. The Kier molecular flexibility index (Phi) is 4.41. The molecule has 2 nitrogen and oxygen atoms in total. The average molecular weight is 256 g/mol. The number of aromatic nitrogens is 2. The van der Waals surface area contributed by atoms with E-state index in [9.17, 15) is 0 Å².